The van der Waals surface area contributed by atoms with Gasteiger partial charge in [-0.3, -0.25) is 9.05 Å². The van der Waals surface area contributed by atoms with Crippen LogP contribution in [0.4, 0.5) is 0 Å². The molecule has 2 atom stereocenters. The van der Waals surface area contributed by atoms with Gasteiger partial charge in [-0.05, 0) is 22.3 Å². The van der Waals surface area contributed by atoms with Crippen molar-refractivity contribution in [1.82, 2.24) is 0 Å². The molecule has 0 aromatic heterocycles. The van der Waals surface area contributed by atoms with E-state index in [1.165, 1.54) is 0 Å². The van der Waals surface area contributed by atoms with Gasteiger partial charge in [-0.1, -0.05) is 72.8 Å². The van der Waals surface area contributed by atoms with E-state index < -0.39 is 20.0 Å². The van der Waals surface area contributed by atoms with Crippen molar-refractivity contribution in [2.75, 3.05) is 0 Å². The molecular weight excluding hydrogens is 311 g/mol. The number of phosphoric ester groups is 1. The van der Waals surface area contributed by atoms with Crippen LogP contribution in [0, 0.1) is 0 Å². The Kier molecular flexibility index (Phi) is 3.55. The van der Waals surface area contributed by atoms with Crippen molar-refractivity contribution in [3.63, 3.8) is 0 Å². The van der Waals surface area contributed by atoms with Gasteiger partial charge in [0.1, 0.15) is 12.2 Å². The van der Waals surface area contributed by atoms with Crippen molar-refractivity contribution in [2.24, 2.45) is 0 Å². The van der Waals surface area contributed by atoms with E-state index >= 15 is 0 Å². The minimum absolute atomic E-state index is 0.567. The smallest absolute Gasteiger partial charge is 0.302 e. The van der Waals surface area contributed by atoms with Gasteiger partial charge in [0.05, 0.1) is 0 Å². The van der Waals surface area contributed by atoms with E-state index in [-0.39, 0.29) is 0 Å². The van der Waals surface area contributed by atoms with Crippen LogP contribution >= 0.6 is 7.82 Å². The van der Waals surface area contributed by atoms with Gasteiger partial charge in [0.15, 0.2) is 0 Å². The van der Waals surface area contributed by atoms with E-state index in [0.717, 1.165) is 22.3 Å². The Morgan fingerprint density at radius 2 is 1.22 bits per heavy atom. The van der Waals surface area contributed by atoms with Crippen molar-refractivity contribution in [3.05, 3.63) is 82.9 Å². The summed E-state index contributed by atoms with van der Waals surface area (Å²) in [5.41, 5.74) is 3.72. The van der Waals surface area contributed by atoms with Gasteiger partial charge in [-0.25, -0.2) is 4.57 Å². The summed E-state index contributed by atoms with van der Waals surface area (Å²) in [5.74, 6) is 0. The minimum atomic E-state index is -4.20. The average molecular weight is 326 g/mol. The molecule has 0 aliphatic heterocycles. The molecule has 2 aliphatic carbocycles. The molecule has 0 radical (unpaired) electrons. The number of hydrogen-bond donors (Lipinski definition) is 1. The third-order valence-electron chi connectivity index (χ3n) is 4.00. The highest BCUT2D eigenvalue weighted by atomic mass is 31.2. The normalized spacial score (nSPS) is 23.5. The quantitative estimate of drug-likeness (QED) is 0.831. The van der Waals surface area contributed by atoms with Crippen molar-refractivity contribution >= 4 is 20.0 Å². The summed E-state index contributed by atoms with van der Waals surface area (Å²) in [6.07, 6.45) is 6.14. The van der Waals surface area contributed by atoms with Crippen LogP contribution in [0.25, 0.3) is 12.2 Å². The molecule has 0 saturated heterocycles. The van der Waals surface area contributed by atoms with Gasteiger partial charge in [0.2, 0.25) is 0 Å². The molecule has 116 valence electrons. The van der Waals surface area contributed by atoms with Crippen LogP contribution in [0.15, 0.2) is 60.7 Å². The van der Waals surface area contributed by atoms with E-state index in [9.17, 15) is 9.46 Å². The Morgan fingerprint density at radius 3 is 1.70 bits per heavy atom. The summed E-state index contributed by atoms with van der Waals surface area (Å²) in [6.45, 7) is 0. The van der Waals surface area contributed by atoms with E-state index in [2.05, 4.69) is 0 Å². The monoisotopic (exact) mass is 326 g/mol. The Balaban J connectivity index is 1.51. The second-order valence-corrected chi connectivity index (χ2v) is 6.86. The third-order valence-corrected chi connectivity index (χ3v) is 4.99. The molecule has 0 saturated carbocycles. The molecule has 0 amide bonds. The first-order chi connectivity index (χ1) is 11.1. The molecule has 0 fully saturated rings. The van der Waals surface area contributed by atoms with Crippen molar-refractivity contribution in [1.29, 1.82) is 0 Å². The topological polar surface area (TPSA) is 55.8 Å². The van der Waals surface area contributed by atoms with Crippen LogP contribution in [0.1, 0.15) is 34.5 Å². The van der Waals surface area contributed by atoms with Gasteiger partial charge < -0.3 is 4.89 Å². The highest BCUT2D eigenvalue weighted by Gasteiger charge is 2.33. The summed E-state index contributed by atoms with van der Waals surface area (Å²) >= 11 is 0. The molecule has 2 aliphatic rings. The molecular formula is C18H15O4P. The number of hydrogen-bond acceptors (Lipinski definition) is 3. The van der Waals surface area contributed by atoms with E-state index in [1.54, 1.807) is 12.2 Å². The van der Waals surface area contributed by atoms with E-state index in [1.807, 2.05) is 60.7 Å². The van der Waals surface area contributed by atoms with Gasteiger partial charge in [-0.2, -0.15) is 0 Å². The second kappa shape index (κ2) is 5.59. The molecule has 2 aromatic rings. The molecule has 4 nitrogen and oxygen atoms in total. The molecule has 4 rings (SSSR count). The number of phosphoric acid groups is 1. The summed E-state index contributed by atoms with van der Waals surface area (Å²) < 4.78 is 23.1. The maximum atomic E-state index is 12.4. The van der Waals surface area contributed by atoms with Crippen molar-refractivity contribution in [2.45, 2.75) is 12.2 Å². The van der Waals surface area contributed by atoms with Crippen molar-refractivity contribution in [3.8, 4) is 0 Å². The molecule has 1 N–H and O–H groups in total. The zero-order chi connectivity index (χ0) is 15.9. The minimum Gasteiger partial charge on any atom is -0.302 e. The lowest BCUT2D eigenvalue weighted by molar-refractivity contribution is 0.106. The molecule has 5 heteroatoms. The standard InChI is InChI=1S/C18H15O4P/c19-23(20,21-17-11-9-13-5-1-3-7-15(13)17)22-18-12-10-14-6-2-4-8-16(14)18/h1-12,17-18H,(H,19,20). The summed E-state index contributed by atoms with van der Waals surface area (Å²) in [7, 11) is -4.20. The highest BCUT2D eigenvalue weighted by Crippen LogP contribution is 2.54. The second-order valence-electron chi connectivity index (χ2n) is 5.50. The fraction of sp³-hybridized carbons (Fsp3) is 0.111. The predicted molar refractivity (Wildman–Crippen MR) is 88.4 cm³/mol. The first kappa shape index (κ1) is 14.6. The van der Waals surface area contributed by atoms with Crippen LogP contribution in [-0.4, -0.2) is 4.89 Å². The van der Waals surface area contributed by atoms with Crippen molar-refractivity contribution < 1.29 is 18.5 Å². The Hall–Kier alpha value is -1.97. The SMILES string of the molecule is O=P(O)(OC1C=Cc2ccccc21)OC1C=Cc2ccccc21. The Bertz CT molecular complexity index is 788. The molecule has 0 heterocycles. The van der Waals surface area contributed by atoms with Gasteiger partial charge >= 0.3 is 7.82 Å². The maximum absolute atomic E-state index is 12.4. The largest absolute Gasteiger partial charge is 0.474 e. The molecule has 23 heavy (non-hydrogen) atoms. The van der Waals surface area contributed by atoms with Crippen LogP contribution < -0.4 is 0 Å². The maximum Gasteiger partial charge on any atom is 0.474 e. The summed E-state index contributed by atoms with van der Waals surface area (Å²) in [4.78, 5) is 10.1. The van der Waals surface area contributed by atoms with Crippen LogP contribution in [0.3, 0.4) is 0 Å². The first-order valence-electron chi connectivity index (χ1n) is 7.36. The lowest BCUT2D eigenvalue weighted by atomic mass is 10.1. The fourth-order valence-electron chi connectivity index (χ4n) is 2.93. The first-order valence-corrected chi connectivity index (χ1v) is 8.86. The molecule has 0 spiro atoms. The Labute approximate surface area is 134 Å². The van der Waals surface area contributed by atoms with Gasteiger partial charge in [0.25, 0.3) is 0 Å². The Morgan fingerprint density at radius 1 is 0.783 bits per heavy atom. The van der Waals surface area contributed by atoms with E-state index in [4.69, 9.17) is 9.05 Å². The van der Waals surface area contributed by atoms with E-state index in [0.29, 0.717) is 0 Å². The zero-order valence-electron chi connectivity index (χ0n) is 12.2. The number of benzene rings is 2. The van der Waals surface area contributed by atoms with Gasteiger partial charge in [-0.15, -0.1) is 0 Å². The summed E-state index contributed by atoms with van der Waals surface area (Å²) in [5, 5.41) is 0. The lowest BCUT2D eigenvalue weighted by Crippen LogP contribution is -2.04. The predicted octanol–water partition coefficient (Wildman–Crippen LogP) is 4.66. The number of fused-ring (bicyclic) bond motifs is 2. The van der Waals surface area contributed by atoms with Crippen LogP contribution in [0.5, 0.6) is 0 Å². The molecule has 2 aromatic carbocycles. The summed E-state index contributed by atoms with van der Waals surface area (Å²) in [6, 6.07) is 15.2. The highest BCUT2D eigenvalue weighted by molar-refractivity contribution is 7.47. The number of rotatable bonds is 4. The van der Waals surface area contributed by atoms with Crippen LogP contribution in [0.2, 0.25) is 0 Å². The lowest BCUT2D eigenvalue weighted by Gasteiger charge is -2.20. The molecule has 2 unspecified atom stereocenters. The average Bonchev–Trinajstić information content (AvgIpc) is 3.12. The fourth-order valence-corrected chi connectivity index (χ4v) is 3.92. The van der Waals surface area contributed by atoms with Gasteiger partial charge in [0, 0.05) is 0 Å². The molecule has 0 bridgehead atoms. The van der Waals surface area contributed by atoms with Crippen LogP contribution in [-0.2, 0) is 13.6 Å². The zero-order valence-corrected chi connectivity index (χ0v) is 13.1. The third kappa shape index (κ3) is 2.82.